The number of nitrogen functional groups attached to an aromatic ring is 1. The Hall–Kier alpha value is -2.22. The fraction of sp³-hybridized carbons (Fsp3) is 0.429. The lowest BCUT2D eigenvalue weighted by Gasteiger charge is -2.28. The van der Waals surface area contributed by atoms with Gasteiger partial charge in [0.1, 0.15) is 0 Å². The molecule has 0 aromatic heterocycles. The van der Waals surface area contributed by atoms with Gasteiger partial charge >= 0.3 is 0 Å². The molecule has 0 aliphatic carbocycles. The summed E-state index contributed by atoms with van der Waals surface area (Å²) in [4.78, 5) is 13.5. The molecule has 1 rings (SSSR count). The third-order valence-electron chi connectivity index (χ3n) is 2.73. The molecule has 0 spiro atoms. The summed E-state index contributed by atoms with van der Waals surface area (Å²) in [6.45, 7) is 5.39. The number of carbonyl (C=O) groups excluding carboxylic acids is 1. The van der Waals surface area contributed by atoms with Gasteiger partial charge < -0.3 is 16.4 Å². The number of primary amides is 1. The fourth-order valence-electron chi connectivity index (χ4n) is 2.03. The zero-order valence-corrected chi connectivity index (χ0v) is 11.4. The van der Waals surface area contributed by atoms with Gasteiger partial charge in [0.2, 0.25) is 0 Å². The van der Waals surface area contributed by atoms with Gasteiger partial charge in [-0.25, -0.2) is 0 Å². The van der Waals surface area contributed by atoms with Crippen molar-refractivity contribution >= 4 is 17.3 Å². The Morgan fingerprint density at radius 3 is 2.68 bits per heavy atom. The minimum atomic E-state index is -0.506. The molecule has 0 saturated heterocycles. The highest BCUT2D eigenvalue weighted by Gasteiger charge is 2.18. The predicted octanol–water partition coefficient (Wildman–Crippen LogP) is 1.74. The molecule has 0 unspecified atom stereocenters. The number of nitriles is 1. The molecule has 4 N–H and O–H groups in total. The van der Waals surface area contributed by atoms with E-state index in [2.05, 4.69) is 19.9 Å². The number of nitrogens with two attached hydrogens (primary N) is 2. The van der Waals surface area contributed by atoms with Gasteiger partial charge in [0, 0.05) is 13.1 Å². The highest BCUT2D eigenvalue weighted by atomic mass is 16.1. The molecule has 0 heterocycles. The molecule has 0 bridgehead atoms. The molecule has 5 nitrogen and oxygen atoms in total. The Bertz CT molecular complexity index is 491. The molecule has 0 saturated carbocycles. The monoisotopic (exact) mass is 260 g/mol. The first-order chi connectivity index (χ1) is 8.97. The van der Waals surface area contributed by atoms with Gasteiger partial charge in [0.25, 0.3) is 5.91 Å². The van der Waals surface area contributed by atoms with Gasteiger partial charge in [-0.2, -0.15) is 5.26 Å². The zero-order chi connectivity index (χ0) is 14.4. The van der Waals surface area contributed by atoms with Crippen molar-refractivity contribution in [3.8, 4) is 6.07 Å². The second-order valence-corrected chi connectivity index (χ2v) is 4.86. The first-order valence-corrected chi connectivity index (χ1v) is 6.27. The van der Waals surface area contributed by atoms with E-state index in [0.29, 0.717) is 35.8 Å². The Balaban J connectivity index is 3.20. The van der Waals surface area contributed by atoms with Crippen LogP contribution < -0.4 is 16.4 Å². The Morgan fingerprint density at radius 1 is 1.47 bits per heavy atom. The van der Waals surface area contributed by atoms with Crippen LogP contribution >= 0.6 is 0 Å². The van der Waals surface area contributed by atoms with Crippen LogP contribution in [0, 0.1) is 17.2 Å². The molecule has 0 fully saturated rings. The van der Waals surface area contributed by atoms with E-state index in [1.807, 2.05) is 4.90 Å². The SMILES string of the molecule is CC(C)CN(CCC#N)c1c(N)cccc1C(N)=O. The molecule has 19 heavy (non-hydrogen) atoms. The van der Waals surface area contributed by atoms with Gasteiger partial charge in [0.15, 0.2) is 0 Å². The fourth-order valence-corrected chi connectivity index (χ4v) is 2.03. The van der Waals surface area contributed by atoms with Crippen LogP contribution in [0.5, 0.6) is 0 Å². The number of para-hydroxylation sites is 1. The summed E-state index contributed by atoms with van der Waals surface area (Å²) in [6.07, 6.45) is 0.374. The van der Waals surface area contributed by atoms with Gasteiger partial charge in [-0.15, -0.1) is 0 Å². The molecule has 0 aliphatic heterocycles. The molecule has 0 atom stereocenters. The van der Waals surface area contributed by atoms with Gasteiger partial charge in [-0.3, -0.25) is 4.79 Å². The average Bonchev–Trinajstić information content (AvgIpc) is 2.33. The van der Waals surface area contributed by atoms with Crippen LogP contribution in [0.15, 0.2) is 18.2 Å². The highest BCUT2D eigenvalue weighted by Crippen LogP contribution is 2.28. The summed E-state index contributed by atoms with van der Waals surface area (Å²) < 4.78 is 0. The maximum atomic E-state index is 11.5. The zero-order valence-electron chi connectivity index (χ0n) is 11.4. The lowest BCUT2D eigenvalue weighted by atomic mass is 10.1. The van der Waals surface area contributed by atoms with Crippen LogP contribution in [0.2, 0.25) is 0 Å². The summed E-state index contributed by atoms with van der Waals surface area (Å²) in [7, 11) is 0. The first kappa shape index (κ1) is 14.8. The molecule has 102 valence electrons. The van der Waals surface area contributed by atoms with Gasteiger partial charge in [-0.05, 0) is 18.1 Å². The van der Waals surface area contributed by atoms with Crippen LogP contribution in [0.3, 0.4) is 0 Å². The molecule has 0 aliphatic rings. The van der Waals surface area contributed by atoms with Gasteiger partial charge in [0.05, 0.1) is 29.4 Å². The lowest BCUT2D eigenvalue weighted by Crippen LogP contribution is -2.31. The minimum absolute atomic E-state index is 0.374. The van der Waals surface area contributed by atoms with Crippen molar-refractivity contribution in [2.24, 2.45) is 11.7 Å². The van der Waals surface area contributed by atoms with E-state index in [0.717, 1.165) is 6.54 Å². The maximum absolute atomic E-state index is 11.5. The summed E-state index contributed by atoms with van der Waals surface area (Å²) in [5.74, 6) is -0.118. The normalized spacial score (nSPS) is 10.2. The van der Waals surface area contributed by atoms with Crippen LogP contribution in [-0.4, -0.2) is 19.0 Å². The number of anilines is 2. The molecular weight excluding hydrogens is 240 g/mol. The lowest BCUT2D eigenvalue weighted by molar-refractivity contribution is 0.100. The Labute approximate surface area is 113 Å². The number of hydrogen-bond donors (Lipinski definition) is 2. The van der Waals surface area contributed by atoms with E-state index < -0.39 is 5.91 Å². The summed E-state index contributed by atoms with van der Waals surface area (Å²) >= 11 is 0. The number of benzene rings is 1. The number of hydrogen-bond acceptors (Lipinski definition) is 4. The van der Waals surface area contributed by atoms with Crippen molar-refractivity contribution in [2.45, 2.75) is 20.3 Å². The minimum Gasteiger partial charge on any atom is -0.397 e. The number of carbonyl (C=O) groups is 1. The third kappa shape index (κ3) is 3.88. The van der Waals surface area contributed by atoms with Crippen LogP contribution in [0.4, 0.5) is 11.4 Å². The second kappa shape index (κ2) is 6.64. The van der Waals surface area contributed by atoms with Crippen molar-refractivity contribution in [3.05, 3.63) is 23.8 Å². The van der Waals surface area contributed by atoms with Crippen molar-refractivity contribution in [3.63, 3.8) is 0 Å². The predicted molar refractivity (Wildman–Crippen MR) is 76.7 cm³/mol. The third-order valence-corrected chi connectivity index (χ3v) is 2.73. The number of nitrogens with zero attached hydrogens (tertiary/aromatic N) is 2. The van der Waals surface area contributed by atoms with Crippen LogP contribution in [-0.2, 0) is 0 Å². The molecule has 5 heteroatoms. The van der Waals surface area contributed by atoms with Crippen molar-refractivity contribution < 1.29 is 4.79 Å². The number of rotatable bonds is 6. The molecular formula is C14H20N4O. The average molecular weight is 260 g/mol. The second-order valence-electron chi connectivity index (χ2n) is 4.86. The maximum Gasteiger partial charge on any atom is 0.250 e. The number of amides is 1. The quantitative estimate of drug-likeness (QED) is 0.761. The summed E-state index contributed by atoms with van der Waals surface area (Å²) in [5, 5.41) is 8.74. The van der Waals surface area contributed by atoms with E-state index in [1.165, 1.54) is 0 Å². The standard InChI is InChI=1S/C14H20N4O/c1-10(2)9-18(8-4-7-15)13-11(14(17)19)5-3-6-12(13)16/h3,5-6,10H,4,8-9,16H2,1-2H3,(H2,17,19). The van der Waals surface area contributed by atoms with Gasteiger partial charge in [-0.1, -0.05) is 19.9 Å². The Kier molecular flexibility index (Phi) is 5.19. The summed E-state index contributed by atoms with van der Waals surface area (Å²) in [6, 6.07) is 7.21. The van der Waals surface area contributed by atoms with E-state index in [4.69, 9.17) is 16.7 Å². The largest absolute Gasteiger partial charge is 0.397 e. The van der Waals surface area contributed by atoms with Crippen molar-refractivity contribution in [1.82, 2.24) is 0 Å². The van der Waals surface area contributed by atoms with Crippen LogP contribution in [0.1, 0.15) is 30.6 Å². The molecule has 1 amide bonds. The van der Waals surface area contributed by atoms with Crippen LogP contribution in [0.25, 0.3) is 0 Å². The Morgan fingerprint density at radius 2 is 2.16 bits per heavy atom. The van der Waals surface area contributed by atoms with E-state index in [1.54, 1.807) is 18.2 Å². The first-order valence-electron chi connectivity index (χ1n) is 6.27. The topological polar surface area (TPSA) is 96.1 Å². The van der Waals surface area contributed by atoms with Crippen molar-refractivity contribution in [1.29, 1.82) is 5.26 Å². The van der Waals surface area contributed by atoms with E-state index in [9.17, 15) is 4.79 Å². The van der Waals surface area contributed by atoms with E-state index >= 15 is 0 Å². The smallest absolute Gasteiger partial charge is 0.250 e. The van der Waals surface area contributed by atoms with E-state index in [-0.39, 0.29) is 0 Å². The molecule has 1 aromatic carbocycles. The molecule has 0 radical (unpaired) electrons. The molecule has 1 aromatic rings. The highest BCUT2D eigenvalue weighted by molar-refractivity contribution is 6.01. The summed E-state index contributed by atoms with van der Waals surface area (Å²) in [5.41, 5.74) is 12.9. The van der Waals surface area contributed by atoms with Crippen molar-refractivity contribution in [2.75, 3.05) is 23.7 Å².